The molecule has 0 atom stereocenters. The van der Waals surface area contributed by atoms with E-state index in [1.807, 2.05) is 25.3 Å². The summed E-state index contributed by atoms with van der Waals surface area (Å²) in [5.74, 6) is 1.82. The van der Waals surface area contributed by atoms with Crippen molar-refractivity contribution >= 4 is 17.3 Å². The van der Waals surface area contributed by atoms with Gasteiger partial charge in [0, 0.05) is 60.6 Å². The van der Waals surface area contributed by atoms with Gasteiger partial charge in [-0.05, 0) is 62.6 Å². The Morgan fingerprint density at radius 2 is 1.74 bits per heavy atom. The molecule has 0 bridgehead atoms. The number of aryl methyl sites for hydroxylation is 2. The molecule has 4 aromatic rings. The largest absolute Gasteiger partial charge is 0.314 e. The third-order valence-corrected chi connectivity index (χ3v) is 8.19. The molecule has 2 aromatic carbocycles. The van der Waals surface area contributed by atoms with E-state index in [9.17, 15) is 0 Å². The van der Waals surface area contributed by atoms with Crippen LogP contribution in [0.25, 0.3) is 16.8 Å². The van der Waals surface area contributed by atoms with Gasteiger partial charge in [-0.2, -0.15) is 5.10 Å². The third-order valence-electron chi connectivity index (χ3n) is 7.94. The monoisotopic (exact) mass is 526 g/mol. The van der Waals surface area contributed by atoms with Crippen LogP contribution in [0.15, 0.2) is 59.9 Å². The van der Waals surface area contributed by atoms with Crippen molar-refractivity contribution in [1.82, 2.24) is 34.8 Å². The number of aromatic nitrogens is 5. The molecule has 194 valence electrons. The van der Waals surface area contributed by atoms with Crippen LogP contribution in [0.1, 0.15) is 42.0 Å². The molecule has 38 heavy (non-hydrogen) atoms. The number of halogens is 1. The lowest BCUT2D eigenvalue weighted by atomic mass is 9.96. The molecule has 9 heteroatoms. The number of hydrogen-bond acceptors (Lipinski definition) is 6. The number of rotatable bonds is 6. The van der Waals surface area contributed by atoms with Crippen LogP contribution in [-0.4, -0.2) is 67.9 Å². The Balaban J connectivity index is 1.24. The van der Waals surface area contributed by atoms with E-state index >= 15 is 0 Å². The first-order chi connectivity index (χ1) is 18.6. The molecule has 4 heterocycles. The minimum Gasteiger partial charge on any atom is -0.314 e. The van der Waals surface area contributed by atoms with Gasteiger partial charge in [0.15, 0.2) is 5.82 Å². The molecule has 0 radical (unpaired) electrons. The maximum Gasteiger partial charge on any atom is 0.165 e. The first-order valence-electron chi connectivity index (χ1n) is 13.5. The SMILES string of the molecule is Cc1nnc2n1-c1ccc(-c3cnn(CCCN4CCNCC4)c3)cc1C(c1ccc(Cl)cc1)=NC21CC1. The minimum atomic E-state index is -0.315. The van der Waals surface area contributed by atoms with Gasteiger partial charge in [0.05, 0.1) is 17.6 Å². The summed E-state index contributed by atoms with van der Waals surface area (Å²) in [4.78, 5) is 7.89. The molecule has 2 fully saturated rings. The zero-order chi connectivity index (χ0) is 25.7. The van der Waals surface area contributed by atoms with E-state index in [1.54, 1.807) is 0 Å². The summed E-state index contributed by atoms with van der Waals surface area (Å²) in [6.07, 6.45) is 7.18. The predicted octanol–water partition coefficient (Wildman–Crippen LogP) is 4.23. The number of hydrogen-bond donors (Lipinski definition) is 1. The van der Waals surface area contributed by atoms with Gasteiger partial charge in [-0.15, -0.1) is 10.2 Å². The van der Waals surface area contributed by atoms with Gasteiger partial charge in [0.2, 0.25) is 0 Å². The Hall–Kier alpha value is -3.33. The van der Waals surface area contributed by atoms with Crippen LogP contribution in [0.2, 0.25) is 5.02 Å². The van der Waals surface area contributed by atoms with Crippen LogP contribution >= 0.6 is 11.6 Å². The molecule has 2 aromatic heterocycles. The van der Waals surface area contributed by atoms with E-state index in [4.69, 9.17) is 16.6 Å². The topological polar surface area (TPSA) is 76.2 Å². The van der Waals surface area contributed by atoms with Gasteiger partial charge in [-0.25, -0.2) is 0 Å². The van der Waals surface area contributed by atoms with E-state index in [-0.39, 0.29) is 5.54 Å². The summed E-state index contributed by atoms with van der Waals surface area (Å²) in [5, 5.41) is 17.8. The fourth-order valence-corrected chi connectivity index (χ4v) is 5.81. The van der Waals surface area contributed by atoms with Gasteiger partial charge in [-0.1, -0.05) is 29.8 Å². The smallest absolute Gasteiger partial charge is 0.165 e. The summed E-state index contributed by atoms with van der Waals surface area (Å²) in [7, 11) is 0. The van der Waals surface area contributed by atoms with Crippen LogP contribution in [-0.2, 0) is 12.1 Å². The standard InChI is InChI=1S/C29H31ClN8/c1-20-34-35-28-29(9-10-29)33-27(21-3-6-24(30)7-4-21)25-17-22(5-8-26(25)38(20)28)23-18-32-37(19-23)14-2-13-36-15-11-31-12-16-36/h3-8,17-19,31H,2,9-16H2,1H3. The van der Waals surface area contributed by atoms with Crippen molar-refractivity contribution in [1.29, 1.82) is 0 Å². The summed E-state index contributed by atoms with van der Waals surface area (Å²) in [6, 6.07) is 14.6. The molecule has 7 rings (SSSR count). The second kappa shape index (κ2) is 9.45. The maximum absolute atomic E-state index is 6.24. The molecule has 1 saturated heterocycles. The highest BCUT2D eigenvalue weighted by atomic mass is 35.5. The lowest BCUT2D eigenvalue weighted by Gasteiger charge is -2.26. The summed E-state index contributed by atoms with van der Waals surface area (Å²) in [5.41, 5.74) is 6.08. The average molecular weight is 527 g/mol. The Morgan fingerprint density at radius 3 is 2.53 bits per heavy atom. The van der Waals surface area contributed by atoms with Crippen molar-refractivity contribution in [3.63, 3.8) is 0 Å². The molecule has 8 nitrogen and oxygen atoms in total. The summed E-state index contributed by atoms with van der Waals surface area (Å²) >= 11 is 6.24. The zero-order valence-electron chi connectivity index (χ0n) is 21.6. The molecular formula is C29H31ClN8. The number of piperazine rings is 1. The maximum atomic E-state index is 6.24. The summed E-state index contributed by atoms with van der Waals surface area (Å²) in [6.45, 7) is 8.47. The zero-order valence-corrected chi connectivity index (χ0v) is 22.3. The van der Waals surface area contributed by atoms with Crippen molar-refractivity contribution in [3.05, 3.63) is 82.7 Å². The van der Waals surface area contributed by atoms with Crippen LogP contribution in [0.4, 0.5) is 0 Å². The first-order valence-corrected chi connectivity index (χ1v) is 13.9. The number of fused-ring (bicyclic) bond motifs is 4. The van der Waals surface area contributed by atoms with E-state index in [0.717, 1.165) is 109 Å². The first kappa shape index (κ1) is 23.8. The van der Waals surface area contributed by atoms with Gasteiger partial charge < -0.3 is 10.2 Å². The normalized spacial score (nSPS) is 18.1. The van der Waals surface area contributed by atoms with Gasteiger partial charge in [0.1, 0.15) is 11.4 Å². The van der Waals surface area contributed by atoms with Gasteiger partial charge in [0.25, 0.3) is 0 Å². The molecule has 0 unspecified atom stereocenters. The highest BCUT2D eigenvalue weighted by Gasteiger charge is 2.51. The third kappa shape index (κ3) is 4.26. The van der Waals surface area contributed by atoms with E-state index in [1.165, 1.54) is 0 Å². The van der Waals surface area contributed by atoms with Crippen molar-refractivity contribution in [2.24, 2.45) is 4.99 Å². The fourth-order valence-electron chi connectivity index (χ4n) is 5.68. The highest BCUT2D eigenvalue weighted by Crippen LogP contribution is 2.51. The highest BCUT2D eigenvalue weighted by molar-refractivity contribution is 6.30. The number of nitrogens with zero attached hydrogens (tertiary/aromatic N) is 7. The number of nitrogens with one attached hydrogen (secondary N) is 1. The lowest BCUT2D eigenvalue weighted by molar-refractivity contribution is 0.233. The molecule has 2 aliphatic heterocycles. The van der Waals surface area contributed by atoms with Crippen molar-refractivity contribution in [3.8, 4) is 16.8 Å². The minimum absolute atomic E-state index is 0.315. The molecular weight excluding hydrogens is 496 g/mol. The van der Waals surface area contributed by atoms with Crippen LogP contribution < -0.4 is 5.32 Å². The number of benzene rings is 2. The Bertz CT molecular complexity index is 1510. The average Bonchev–Trinajstić information content (AvgIpc) is 3.42. The lowest BCUT2D eigenvalue weighted by Crippen LogP contribution is -2.43. The van der Waals surface area contributed by atoms with E-state index in [2.05, 4.69) is 71.3 Å². The van der Waals surface area contributed by atoms with Crippen LogP contribution in [0.3, 0.4) is 0 Å². The van der Waals surface area contributed by atoms with Crippen LogP contribution in [0, 0.1) is 6.92 Å². The van der Waals surface area contributed by atoms with Gasteiger partial charge in [-0.3, -0.25) is 14.2 Å². The number of aliphatic imine (C=N–C) groups is 1. The van der Waals surface area contributed by atoms with Crippen molar-refractivity contribution < 1.29 is 0 Å². The second-order valence-electron chi connectivity index (χ2n) is 10.6. The van der Waals surface area contributed by atoms with Crippen LogP contribution in [0.5, 0.6) is 0 Å². The molecule has 1 saturated carbocycles. The van der Waals surface area contributed by atoms with E-state index < -0.39 is 0 Å². The van der Waals surface area contributed by atoms with Gasteiger partial charge >= 0.3 is 0 Å². The predicted molar refractivity (Wildman–Crippen MR) is 149 cm³/mol. The Labute approximate surface area is 227 Å². The second-order valence-corrected chi connectivity index (χ2v) is 11.0. The van der Waals surface area contributed by atoms with E-state index in [0.29, 0.717) is 0 Å². The fraction of sp³-hybridized carbons (Fsp3) is 0.379. The Morgan fingerprint density at radius 1 is 0.947 bits per heavy atom. The molecule has 0 amide bonds. The molecule has 1 spiro atoms. The van der Waals surface area contributed by atoms with Crippen molar-refractivity contribution in [2.45, 2.75) is 38.3 Å². The molecule has 3 aliphatic rings. The molecule has 1 N–H and O–H groups in total. The Kier molecular flexibility index (Phi) is 5.91. The quantitative estimate of drug-likeness (QED) is 0.407. The van der Waals surface area contributed by atoms with Crippen molar-refractivity contribution in [2.75, 3.05) is 32.7 Å². The molecule has 1 aliphatic carbocycles. The summed E-state index contributed by atoms with van der Waals surface area (Å²) < 4.78 is 4.26.